The van der Waals surface area contributed by atoms with Gasteiger partial charge in [0.15, 0.2) is 0 Å². The van der Waals surface area contributed by atoms with Gasteiger partial charge in [0.2, 0.25) is 0 Å². The van der Waals surface area contributed by atoms with Crippen LogP contribution in [0.3, 0.4) is 0 Å². The number of carbonyl (C=O) groups excluding carboxylic acids is 1. The van der Waals surface area contributed by atoms with Crippen LogP contribution in [-0.2, 0) is 9.53 Å². The van der Waals surface area contributed by atoms with Crippen LogP contribution in [0, 0.1) is 38.9 Å². The van der Waals surface area contributed by atoms with Crippen LogP contribution in [0.2, 0.25) is 0 Å². The van der Waals surface area contributed by atoms with Crippen LogP contribution in [0.4, 0.5) is 0 Å². The number of fused-ring (bicyclic) bond motifs is 5. The van der Waals surface area contributed by atoms with E-state index in [1.807, 2.05) is 0 Å². The Morgan fingerprint density at radius 3 is 2.14 bits per heavy atom. The molecule has 4 aliphatic carbocycles. The summed E-state index contributed by atoms with van der Waals surface area (Å²) in [5.74, 6) is 1.63. The van der Waals surface area contributed by atoms with Gasteiger partial charge in [-0.15, -0.1) is 0 Å². The van der Waals surface area contributed by atoms with E-state index in [2.05, 4.69) is 41.5 Å². The average Bonchev–Trinajstić information content (AvgIpc) is 2.84. The molecule has 0 heterocycles. The third kappa shape index (κ3) is 2.41. The molecule has 0 N–H and O–H groups in total. The third-order valence-electron chi connectivity index (χ3n) is 12.0. The predicted molar refractivity (Wildman–Crippen MR) is 115 cm³/mol. The molecule has 2 heteroatoms. The zero-order valence-corrected chi connectivity index (χ0v) is 19.6. The second kappa shape index (κ2) is 6.24. The van der Waals surface area contributed by atoms with Gasteiger partial charge in [0.05, 0.1) is 0 Å². The largest absolute Gasteiger partial charge is 0.463 e. The van der Waals surface area contributed by atoms with Crippen LogP contribution < -0.4 is 0 Å². The van der Waals surface area contributed by atoms with Crippen LogP contribution in [0.15, 0.2) is 0 Å². The lowest BCUT2D eigenvalue weighted by atomic mass is 9.36. The minimum atomic E-state index is -0.100. The highest BCUT2D eigenvalue weighted by atomic mass is 16.5. The molecule has 0 aromatic rings. The van der Waals surface area contributed by atoms with E-state index >= 15 is 0 Å². The van der Waals surface area contributed by atoms with Crippen molar-refractivity contribution in [2.24, 2.45) is 38.9 Å². The Kier molecular flexibility index (Phi) is 4.62. The lowest BCUT2D eigenvalue weighted by Crippen LogP contribution is -2.61. The Labute approximate surface area is 173 Å². The molecule has 28 heavy (non-hydrogen) atoms. The SMILES string of the molecule is CC[C@@]1(C)CC[C@@]2(C)[C@@H]3CC[C@]4(C)C[C@@H](OC(C)=O)CC[C@]4(C)[C@H]3CC[C@]12C. The zero-order valence-electron chi connectivity index (χ0n) is 19.6. The molecule has 8 atom stereocenters. The minimum Gasteiger partial charge on any atom is -0.463 e. The quantitative estimate of drug-likeness (QED) is 0.469. The van der Waals surface area contributed by atoms with E-state index in [1.165, 1.54) is 51.4 Å². The van der Waals surface area contributed by atoms with Gasteiger partial charge in [0.1, 0.15) is 6.10 Å². The van der Waals surface area contributed by atoms with Crippen molar-refractivity contribution in [1.82, 2.24) is 0 Å². The van der Waals surface area contributed by atoms with Gasteiger partial charge in [-0.1, -0.05) is 48.0 Å². The normalized spacial score (nSPS) is 55.8. The highest BCUT2D eigenvalue weighted by molar-refractivity contribution is 5.66. The van der Waals surface area contributed by atoms with Crippen molar-refractivity contribution in [3.63, 3.8) is 0 Å². The minimum absolute atomic E-state index is 0.100. The first-order chi connectivity index (χ1) is 12.9. The van der Waals surface area contributed by atoms with E-state index in [0.717, 1.165) is 24.7 Å². The molecule has 0 saturated heterocycles. The summed E-state index contributed by atoms with van der Waals surface area (Å²) < 4.78 is 5.69. The first kappa shape index (κ1) is 20.7. The summed E-state index contributed by atoms with van der Waals surface area (Å²) in [5, 5.41) is 0. The molecule has 0 radical (unpaired) electrons. The summed E-state index contributed by atoms with van der Waals surface area (Å²) in [5.41, 5.74) is 2.24. The molecule has 0 aromatic carbocycles. The summed E-state index contributed by atoms with van der Waals surface area (Å²) in [7, 11) is 0. The second-order valence-electron chi connectivity index (χ2n) is 12.4. The van der Waals surface area contributed by atoms with E-state index in [0.29, 0.717) is 27.1 Å². The van der Waals surface area contributed by atoms with E-state index < -0.39 is 0 Å². The first-order valence-corrected chi connectivity index (χ1v) is 12.1. The van der Waals surface area contributed by atoms with Crippen molar-refractivity contribution in [3.05, 3.63) is 0 Å². The topological polar surface area (TPSA) is 26.3 Å². The smallest absolute Gasteiger partial charge is 0.302 e. The Hall–Kier alpha value is -0.530. The highest BCUT2D eigenvalue weighted by Crippen LogP contribution is 2.77. The lowest BCUT2D eigenvalue weighted by Gasteiger charge is -2.68. The summed E-state index contributed by atoms with van der Waals surface area (Å²) in [4.78, 5) is 11.6. The Bertz CT molecular complexity index is 657. The number of carbonyl (C=O) groups is 1. The molecule has 4 fully saturated rings. The molecule has 0 bridgehead atoms. The fraction of sp³-hybridized carbons (Fsp3) is 0.962. The van der Waals surface area contributed by atoms with Crippen LogP contribution in [0.25, 0.3) is 0 Å². The van der Waals surface area contributed by atoms with Crippen molar-refractivity contribution in [2.75, 3.05) is 0 Å². The molecule has 4 aliphatic rings. The van der Waals surface area contributed by atoms with Gasteiger partial charge in [0.25, 0.3) is 0 Å². The first-order valence-electron chi connectivity index (χ1n) is 12.1. The molecule has 4 rings (SSSR count). The lowest BCUT2D eigenvalue weighted by molar-refractivity contribution is -0.207. The van der Waals surface area contributed by atoms with Gasteiger partial charge in [-0.3, -0.25) is 4.79 Å². The van der Waals surface area contributed by atoms with Crippen LogP contribution in [0.1, 0.15) is 113 Å². The molecule has 0 aromatic heterocycles. The van der Waals surface area contributed by atoms with Crippen molar-refractivity contribution in [3.8, 4) is 0 Å². The maximum Gasteiger partial charge on any atom is 0.302 e. The molecular weight excluding hydrogens is 344 g/mol. The van der Waals surface area contributed by atoms with E-state index in [-0.39, 0.29) is 12.1 Å². The Morgan fingerprint density at radius 2 is 1.50 bits per heavy atom. The molecule has 160 valence electrons. The second-order valence-corrected chi connectivity index (χ2v) is 12.4. The van der Waals surface area contributed by atoms with Gasteiger partial charge in [-0.05, 0) is 96.7 Å². The molecule has 0 aliphatic heterocycles. The Balaban J connectivity index is 1.65. The van der Waals surface area contributed by atoms with E-state index in [4.69, 9.17) is 4.74 Å². The van der Waals surface area contributed by atoms with Crippen molar-refractivity contribution >= 4 is 5.97 Å². The molecular formula is C26H44O2. The zero-order chi connectivity index (χ0) is 20.6. The number of hydrogen-bond donors (Lipinski definition) is 0. The van der Waals surface area contributed by atoms with Crippen molar-refractivity contribution in [2.45, 2.75) is 119 Å². The summed E-state index contributed by atoms with van der Waals surface area (Å²) in [6.07, 6.45) is 13.2. The Morgan fingerprint density at radius 1 is 0.857 bits per heavy atom. The number of esters is 1. The van der Waals surface area contributed by atoms with Gasteiger partial charge >= 0.3 is 5.97 Å². The predicted octanol–water partition coefficient (Wildman–Crippen LogP) is 7.16. The molecule has 0 amide bonds. The van der Waals surface area contributed by atoms with Crippen LogP contribution in [0.5, 0.6) is 0 Å². The fourth-order valence-corrected chi connectivity index (χ4v) is 9.33. The van der Waals surface area contributed by atoms with Gasteiger partial charge in [0, 0.05) is 6.92 Å². The van der Waals surface area contributed by atoms with Gasteiger partial charge < -0.3 is 4.74 Å². The molecule has 4 saturated carbocycles. The van der Waals surface area contributed by atoms with Crippen LogP contribution >= 0.6 is 0 Å². The number of hydrogen-bond acceptors (Lipinski definition) is 2. The molecule has 0 unspecified atom stereocenters. The summed E-state index contributed by atoms with van der Waals surface area (Å²) in [6.45, 7) is 17.1. The van der Waals surface area contributed by atoms with E-state index in [9.17, 15) is 4.79 Å². The average molecular weight is 389 g/mol. The summed E-state index contributed by atoms with van der Waals surface area (Å²) >= 11 is 0. The standard InChI is InChI=1S/C26H44O2/c1-8-22(3)15-16-25(6)21-10-12-23(4)17-19(28-18(2)27)9-13-24(23,5)20(21)11-14-26(22,25)7/h19-21H,8-17H2,1-7H3/t19-,20-,21+,22-,23+,24+,25-,26+/m0/s1. The number of ether oxygens (including phenoxy) is 1. The maximum absolute atomic E-state index is 11.6. The number of rotatable bonds is 2. The molecule has 0 spiro atoms. The third-order valence-corrected chi connectivity index (χ3v) is 12.0. The molecule has 2 nitrogen and oxygen atoms in total. The van der Waals surface area contributed by atoms with Gasteiger partial charge in [-0.25, -0.2) is 0 Å². The highest BCUT2D eigenvalue weighted by Gasteiger charge is 2.69. The summed E-state index contributed by atoms with van der Waals surface area (Å²) in [6, 6.07) is 0. The van der Waals surface area contributed by atoms with E-state index in [1.54, 1.807) is 6.92 Å². The van der Waals surface area contributed by atoms with Crippen molar-refractivity contribution < 1.29 is 9.53 Å². The van der Waals surface area contributed by atoms with Crippen molar-refractivity contribution in [1.29, 1.82) is 0 Å². The monoisotopic (exact) mass is 388 g/mol. The van der Waals surface area contributed by atoms with Gasteiger partial charge in [-0.2, -0.15) is 0 Å². The van der Waals surface area contributed by atoms with Crippen LogP contribution in [-0.4, -0.2) is 12.1 Å². The fourth-order valence-electron chi connectivity index (χ4n) is 9.33. The maximum atomic E-state index is 11.6.